The average Bonchev–Trinajstić information content (AvgIpc) is 2.56. The predicted molar refractivity (Wildman–Crippen MR) is 96.5 cm³/mol. The SMILES string of the molecule is CCC(Br)c1c(Oc2c(F)cc(NC(C)=O)cc2F)ccnc1NC. The molecule has 2 rings (SSSR count). The minimum atomic E-state index is -0.917. The normalized spacial score (nSPS) is 11.8. The number of anilines is 2. The minimum absolute atomic E-state index is 0.0210. The fourth-order valence-electron chi connectivity index (χ4n) is 2.29. The molecule has 0 aliphatic rings. The van der Waals surface area contributed by atoms with Gasteiger partial charge >= 0.3 is 0 Å². The summed E-state index contributed by atoms with van der Waals surface area (Å²) in [5, 5.41) is 5.27. The Morgan fingerprint density at radius 3 is 2.52 bits per heavy atom. The molecule has 2 aromatic rings. The molecule has 1 atom stereocenters. The molecule has 1 heterocycles. The lowest BCUT2D eigenvalue weighted by atomic mass is 10.1. The van der Waals surface area contributed by atoms with E-state index in [2.05, 4.69) is 31.5 Å². The summed E-state index contributed by atoms with van der Waals surface area (Å²) in [7, 11) is 1.70. The van der Waals surface area contributed by atoms with E-state index in [-0.39, 0.29) is 16.3 Å². The van der Waals surface area contributed by atoms with Crippen LogP contribution in [0.2, 0.25) is 0 Å². The van der Waals surface area contributed by atoms with Crippen LogP contribution in [-0.2, 0) is 4.79 Å². The van der Waals surface area contributed by atoms with Gasteiger partial charge in [0.25, 0.3) is 0 Å². The summed E-state index contributed by atoms with van der Waals surface area (Å²) in [6, 6.07) is 3.55. The highest BCUT2D eigenvalue weighted by atomic mass is 79.9. The number of benzene rings is 1. The molecule has 0 radical (unpaired) electrons. The smallest absolute Gasteiger partial charge is 0.221 e. The third-order valence-corrected chi connectivity index (χ3v) is 4.49. The number of alkyl halides is 1. The molecule has 0 bridgehead atoms. The fourth-order valence-corrected chi connectivity index (χ4v) is 2.74. The highest BCUT2D eigenvalue weighted by Crippen LogP contribution is 2.40. The third-order valence-electron chi connectivity index (χ3n) is 3.39. The lowest BCUT2D eigenvalue weighted by Crippen LogP contribution is -2.07. The number of ether oxygens (including phenoxy) is 1. The average molecular weight is 414 g/mol. The minimum Gasteiger partial charge on any atom is -0.451 e. The first-order valence-electron chi connectivity index (χ1n) is 7.62. The van der Waals surface area contributed by atoms with Crippen LogP contribution in [0.25, 0.3) is 0 Å². The molecule has 1 unspecified atom stereocenters. The van der Waals surface area contributed by atoms with Crippen LogP contribution in [0.4, 0.5) is 20.3 Å². The number of aromatic nitrogens is 1. The van der Waals surface area contributed by atoms with Crippen LogP contribution in [0.5, 0.6) is 11.5 Å². The van der Waals surface area contributed by atoms with Crippen molar-refractivity contribution in [3.05, 3.63) is 41.6 Å². The Kier molecular flexibility index (Phi) is 6.30. The second-order valence-electron chi connectivity index (χ2n) is 5.25. The van der Waals surface area contributed by atoms with Crippen molar-refractivity contribution in [1.82, 2.24) is 4.98 Å². The van der Waals surface area contributed by atoms with Gasteiger partial charge in [-0.1, -0.05) is 22.9 Å². The molecule has 25 heavy (non-hydrogen) atoms. The van der Waals surface area contributed by atoms with Gasteiger partial charge in [0.1, 0.15) is 11.6 Å². The van der Waals surface area contributed by atoms with Gasteiger partial charge in [-0.25, -0.2) is 13.8 Å². The Hall–Kier alpha value is -2.22. The molecule has 1 aromatic carbocycles. The standard InChI is InChI=1S/C17H18BrF2N3O2/c1-4-11(18)15-14(5-6-22-17(15)21-3)25-16-12(19)7-10(8-13(16)20)23-9(2)24/h5-8,11H,4H2,1-3H3,(H,21,22)(H,23,24). The van der Waals surface area contributed by atoms with E-state index >= 15 is 0 Å². The number of hydrogen-bond donors (Lipinski definition) is 2. The van der Waals surface area contributed by atoms with Crippen molar-refractivity contribution in [1.29, 1.82) is 0 Å². The van der Waals surface area contributed by atoms with Gasteiger partial charge in [-0.2, -0.15) is 0 Å². The number of carbonyl (C=O) groups excluding carboxylic acids is 1. The van der Waals surface area contributed by atoms with Crippen LogP contribution in [0.1, 0.15) is 30.7 Å². The maximum absolute atomic E-state index is 14.3. The van der Waals surface area contributed by atoms with Gasteiger partial charge in [-0.3, -0.25) is 4.79 Å². The van der Waals surface area contributed by atoms with E-state index in [1.807, 2.05) is 6.92 Å². The molecular formula is C17H18BrF2N3O2. The monoisotopic (exact) mass is 413 g/mol. The van der Waals surface area contributed by atoms with Gasteiger partial charge in [0.2, 0.25) is 5.91 Å². The number of pyridine rings is 1. The van der Waals surface area contributed by atoms with E-state index in [4.69, 9.17) is 4.74 Å². The first-order chi connectivity index (χ1) is 11.9. The Balaban J connectivity index is 2.45. The van der Waals surface area contributed by atoms with E-state index < -0.39 is 23.3 Å². The number of rotatable bonds is 6. The lowest BCUT2D eigenvalue weighted by molar-refractivity contribution is -0.114. The molecular weight excluding hydrogens is 396 g/mol. The Bertz CT molecular complexity index is 763. The zero-order valence-corrected chi connectivity index (χ0v) is 15.6. The van der Waals surface area contributed by atoms with Crippen molar-refractivity contribution in [3.8, 4) is 11.5 Å². The van der Waals surface area contributed by atoms with Crippen LogP contribution < -0.4 is 15.4 Å². The van der Waals surface area contributed by atoms with Gasteiger partial charge in [0, 0.05) is 42.8 Å². The van der Waals surface area contributed by atoms with Crippen molar-refractivity contribution in [2.45, 2.75) is 25.1 Å². The van der Waals surface area contributed by atoms with Gasteiger partial charge < -0.3 is 15.4 Å². The first kappa shape index (κ1) is 19.1. The summed E-state index contributed by atoms with van der Waals surface area (Å²) in [6.45, 7) is 3.21. The summed E-state index contributed by atoms with van der Waals surface area (Å²) in [4.78, 5) is 15.1. The van der Waals surface area contributed by atoms with Crippen LogP contribution in [0, 0.1) is 11.6 Å². The quantitative estimate of drug-likeness (QED) is 0.654. The van der Waals surface area contributed by atoms with Crippen molar-refractivity contribution in [2.24, 2.45) is 0 Å². The van der Waals surface area contributed by atoms with Crippen LogP contribution in [-0.4, -0.2) is 17.9 Å². The molecule has 0 fully saturated rings. The van der Waals surface area contributed by atoms with Crippen molar-refractivity contribution >= 4 is 33.3 Å². The lowest BCUT2D eigenvalue weighted by Gasteiger charge is -2.18. The second-order valence-corrected chi connectivity index (χ2v) is 6.35. The fraction of sp³-hybridized carbons (Fsp3) is 0.294. The van der Waals surface area contributed by atoms with Gasteiger partial charge in [-0.15, -0.1) is 0 Å². The molecule has 134 valence electrons. The molecule has 0 saturated carbocycles. The molecule has 0 spiro atoms. The number of nitrogens with zero attached hydrogens (tertiary/aromatic N) is 1. The summed E-state index contributed by atoms with van der Waals surface area (Å²) < 4.78 is 34.1. The van der Waals surface area contributed by atoms with Crippen LogP contribution in [0.3, 0.4) is 0 Å². The van der Waals surface area contributed by atoms with Crippen LogP contribution in [0.15, 0.2) is 24.4 Å². The van der Waals surface area contributed by atoms with Gasteiger partial charge in [0.05, 0.1) is 5.56 Å². The van der Waals surface area contributed by atoms with E-state index in [1.165, 1.54) is 13.1 Å². The number of carbonyl (C=O) groups is 1. The Morgan fingerprint density at radius 1 is 1.36 bits per heavy atom. The maximum Gasteiger partial charge on any atom is 0.221 e. The van der Waals surface area contributed by atoms with Gasteiger partial charge in [-0.05, 0) is 12.5 Å². The van der Waals surface area contributed by atoms with E-state index in [0.717, 1.165) is 18.6 Å². The molecule has 0 aliphatic heterocycles. The number of halogens is 3. The highest BCUT2D eigenvalue weighted by molar-refractivity contribution is 9.09. The van der Waals surface area contributed by atoms with E-state index in [9.17, 15) is 13.6 Å². The molecule has 1 aromatic heterocycles. The molecule has 0 aliphatic carbocycles. The zero-order chi connectivity index (χ0) is 18.6. The summed E-state index contributed by atoms with van der Waals surface area (Å²) in [6.07, 6.45) is 2.21. The summed E-state index contributed by atoms with van der Waals surface area (Å²) in [5.74, 6) is -1.96. The van der Waals surface area contributed by atoms with Crippen molar-refractivity contribution in [3.63, 3.8) is 0 Å². The number of amides is 1. The molecule has 8 heteroatoms. The van der Waals surface area contributed by atoms with E-state index in [1.54, 1.807) is 13.1 Å². The third kappa shape index (κ3) is 4.45. The molecule has 5 nitrogen and oxygen atoms in total. The highest BCUT2D eigenvalue weighted by Gasteiger charge is 2.21. The zero-order valence-electron chi connectivity index (χ0n) is 14.0. The first-order valence-corrected chi connectivity index (χ1v) is 8.54. The Morgan fingerprint density at radius 2 is 2.00 bits per heavy atom. The number of nitrogens with one attached hydrogen (secondary N) is 2. The van der Waals surface area contributed by atoms with Crippen LogP contribution >= 0.6 is 15.9 Å². The maximum atomic E-state index is 14.3. The van der Waals surface area contributed by atoms with E-state index in [0.29, 0.717) is 11.4 Å². The number of hydrogen-bond acceptors (Lipinski definition) is 4. The van der Waals surface area contributed by atoms with Gasteiger partial charge in [0.15, 0.2) is 17.4 Å². The second kappa shape index (κ2) is 8.24. The largest absolute Gasteiger partial charge is 0.451 e. The molecule has 2 N–H and O–H groups in total. The predicted octanol–water partition coefficient (Wildman–Crippen LogP) is 5.00. The topological polar surface area (TPSA) is 63.2 Å². The van der Waals surface area contributed by atoms with Crippen molar-refractivity contribution < 1.29 is 18.3 Å². The molecule has 0 saturated heterocycles. The summed E-state index contributed by atoms with van der Waals surface area (Å²) in [5.41, 5.74) is 0.685. The molecule has 1 amide bonds. The van der Waals surface area contributed by atoms with Crippen molar-refractivity contribution in [2.75, 3.05) is 17.7 Å². The summed E-state index contributed by atoms with van der Waals surface area (Å²) >= 11 is 3.52. The Labute approximate surface area is 152 Å².